The van der Waals surface area contributed by atoms with E-state index in [2.05, 4.69) is 0 Å². The summed E-state index contributed by atoms with van der Waals surface area (Å²) in [7, 11) is 0. The molecule has 21 heavy (non-hydrogen) atoms. The minimum atomic E-state index is -1.08. The first-order valence-corrected chi connectivity index (χ1v) is 3.69. The molecule has 0 aromatic carbocycles. The minimum absolute atomic E-state index is 0. The molecule has 0 saturated carbocycles. The largest absolute Gasteiger partial charge is 2.00 e. The predicted octanol–water partition coefficient (Wildman–Crippen LogP) is -7.61. The Morgan fingerprint density at radius 3 is 0.714 bits per heavy atom. The quantitative estimate of drug-likeness (QED) is 0.310. The van der Waals surface area contributed by atoms with Crippen LogP contribution in [-0.2, 0) is 36.2 Å². The fraction of sp³-hybridized carbons (Fsp3) is 0.500. The first-order valence-electron chi connectivity index (χ1n) is 3.69. The van der Waals surface area contributed by atoms with Crippen molar-refractivity contribution < 1.29 is 82.9 Å². The third-order valence-corrected chi connectivity index (χ3v) is 0. The van der Waals surface area contributed by atoms with Crippen molar-refractivity contribution in [1.82, 2.24) is 0 Å². The second-order valence-corrected chi connectivity index (χ2v) is 2.05. The summed E-state index contributed by atoms with van der Waals surface area (Å²) in [6.07, 6.45) is 0. The molecule has 0 aliphatic carbocycles. The molecule has 3 N–H and O–H groups in total. The van der Waals surface area contributed by atoms with Crippen LogP contribution in [0.25, 0.3) is 0 Å². The van der Waals surface area contributed by atoms with Crippen molar-refractivity contribution in [3.05, 3.63) is 0 Å². The van der Waals surface area contributed by atoms with E-state index in [0.29, 0.717) is 0 Å². The molecule has 0 aromatic rings. The molecule has 122 valence electrons. The minimum Gasteiger partial charge on any atom is -1.00 e. The second-order valence-electron chi connectivity index (χ2n) is 2.05. The molecular weight excluding hydrogens is 431 g/mol. The Morgan fingerprint density at radius 1 is 0.714 bits per heavy atom. The van der Waals surface area contributed by atoms with Gasteiger partial charge in [-0.25, -0.2) is 0 Å². The number of carbonyl (C=O) groups excluding carboxylic acids is 1. The van der Waals surface area contributed by atoms with Gasteiger partial charge in [0.1, 0.15) is 0 Å². The van der Waals surface area contributed by atoms with E-state index in [-0.39, 0.29) is 119 Å². The summed E-state index contributed by atoms with van der Waals surface area (Å²) < 4.78 is 0. The molecule has 0 bridgehead atoms. The van der Waals surface area contributed by atoms with E-state index < -0.39 is 23.9 Å². The Kier molecular flexibility index (Phi) is 135. The van der Waals surface area contributed by atoms with Crippen LogP contribution in [0.1, 0.15) is 29.1 Å². The van der Waals surface area contributed by atoms with Gasteiger partial charge in [0, 0.05) is 43.8 Å². The number of hydrogen-bond acceptors (Lipinski definition) is 5. The van der Waals surface area contributed by atoms with Gasteiger partial charge in [-0.3, -0.25) is 14.4 Å². The average Bonchev–Trinajstić information content (AvgIpc) is 1.76. The van der Waals surface area contributed by atoms with Gasteiger partial charge < -0.3 is 51.5 Å². The molecule has 0 aliphatic heterocycles. The zero-order chi connectivity index (χ0) is 14.3. The van der Waals surface area contributed by atoms with Gasteiger partial charge in [0.2, 0.25) is 0 Å². The molecule has 0 spiro atoms. The van der Waals surface area contributed by atoms with E-state index in [1.165, 1.54) is 0 Å². The third kappa shape index (κ3) is 3640. The van der Waals surface area contributed by atoms with Crippen molar-refractivity contribution in [2.24, 2.45) is 0 Å². The molecule has 0 amide bonds. The molecule has 0 atom stereocenters. The molecular formula is C8H16Ca2Cl2FeO8. The first-order chi connectivity index (χ1) is 6.93. The van der Waals surface area contributed by atoms with Gasteiger partial charge in [0.15, 0.2) is 0 Å². The standard InChI is InChI=1S/4C2H4O2.2Ca.2ClH.Fe.H/c4*1-2(3)4;;;;;;/h4*1H3,(H,3,4);;;2*1H;;/q;;;;2*+2;;;;-1/p-3. The number of aliphatic carboxylic acids is 4. The SMILES string of the molecule is CC(=O)O.CC(=O)O.CC(=O)O.CC(=O)[O-].[Ca+2].[Ca+2].[Cl-].[Cl-].[Fe].[H-]. The van der Waals surface area contributed by atoms with Crippen molar-refractivity contribution in [1.29, 1.82) is 0 Å². The van der Waals surface area contributed by atoms with E-state index in [1.807, 2.05) is 0 Å². The first kappa shape index (κ1) is 57.1. The van der Waals surface area contributed by atoms with Gasteiger partial charge in [0.05, 0.1) is 0 Å². The van der Waals surface area contributed by atoms with Gasteiger partial charge in [-0.1, -0.05) is 0 Å². The third-order valence-electron chi connectivity index (χ3n) is 0. The fourth-order valence-electron chi connectivity index (χ4n) is 0. The number of carbonyl (C=O) groups is 4. The van der Waals surface area contributed by atoms with Crippen LogP contribution in [0.2, 0.25) is 0 Å². The van der Waals surface area contributed by atoms with Crippen molar-refractivity contribution in [3.63, 3.8) is 0 Å². The predicted molar refractivity (Wildman–Crippen MR) is 63.2 cm³/mol. The Hall–Kier alpha value is 1.50. The van der Waals surface area contributed by atoms with E-state index in [9.17, 15) is 0 Å². The van der Waals surface area contributed by atoms with Crippen molar-refractivity contribution >= 4 is 99.4 Å². The zero-order valence-electron chi connectivity index (χ0n) is 12.9. The van der Waals surface area contributed by atoms with Gasteiger partial charge in [0.25, 0.3) is 17.9 Å². The molecule has 0 radical (unpaired) electrons. The number of halogens is 2. The maximum atomic E-state index is 9.00. The molecule has 0 aliphatic rings. The van der Waals surface area contributed by atoms with Gasteiger partial charge in [-0.05, 0) is 6.92 Å². The van der Waals surface area contributed by atoms with E-state index in [0.717, 1.165) is 27.7 Å². The van der Waals surface area contributed by atoms with Crippen LogP contribution in [-0.4, -0.2) is 115 Å². The second kappa shape index (κ2) is 49.6. The maximum Gasteiger partial charge on any atom is 2.00 e. The van der Waals surface area contributed by atoms with Gasteiger partial charge in [-0.15, -0.1) is 0 Å². The van der Waals surface area contributed by atoms with E-state index >= 15 is 0 Å². The topological polar surface area (TPSA) is 152 Å². The monoisotopic (exact) mass is 446 g/mol. The van der Waals surface area contributed by atoms with Gasteiger partial charge in [-0.2, -0.15) is 0 Å². The summed E-state index contributed by atoms with van der Waals surface area (Å²) in [5.41, 5.74) is 0. The van der Waals surface area contributed by atoms with Crippen molar-refractivity contribution in [3.8, 4) is 0 Å². The van der Waals surface area contributed by atoms with Crippen LogP contribution in [0.3, 0.4) is 0 Å². The van der Waals surface area contributed by atoms with Crippen LogP contribution in [0.4, 0.5) is 0 Å². The Labute approximate surface area is 207 Å². The number of hydrogen-bond donors (Lipinski definition) is 3. The number of rotatable bonds is 0. The summed E-state index contributed by atoms with van der Waals surface area (Å²) in [5, 5.41) is 31.1. The van der Waals surface area contributed by atoms with Crippen LogP contribution in [0.5, 0.6) is 0 Å². The van der Waals surface area contributed by atoms with Crippen LogP contribution >= 0.6 is 0 Å². The van der Waals surface area contributed by atoms with Crippen LogP contribution in [0, 0.1) is 0 Å². The molecule has 13 heteroatoms. The zero-order valence-corrected chi connectivity index (χ0v) is 18.9. The normalized spacial score (nSPS) is 4.76. The summed E-state index contributed by atoms with van der Waals surface area (Å²) in [6.45, 7) is 4.22. The Bertz CT molecular complexity index is 186. The van der Waals surface area contributed by atoms with Crippen LogP contribution in [0.15, 0.2) is 0 Å². The van der Waals surface area contributed by atoms with Crippen molar-refractivity contribution in [2.75, 3.05) is 0 Å². The Balaban J connectivity index is -0.00000001000. The molecule has 0 unspecified atom stereocenters. The van der Waals surface area contributed by atoms with Crippen molar-refractivity contribution in [2.45, 2.75) is 27.7 Å². The maximum absolute atomic E-state index is 9.00. The molecule has 0 fully saturated rings. The Morgan fingerprint density at radius 2 is 0.714 bits per heavy atom. The summed E-state index contributed by atoms with van der Waals surface area (Å²) in [6, 6.07) is 0. The summed E-state index contributed by atoms with van der Waals surface area (Å²) in [4.78, 5) is 35.9. The van der Waals surface area contributed by atoms with Gasteiger partial charge >= 0.3 is 75.5 Å². The molecule has 0 rings (SSSR count). The molecule has 0 aromatic heterocycles. The number of carboxylic acids is 4. The van der Waals surface area contributed by atoms with E-state index in [4.69, 9.17) is 39.6 Å². The molecule has 8 nitrogen and oxygen atoms in total. The molecule has 0 heterocycles. The van der Waals surface area contributed by atoms with E-state index in [1.54, 1.807) is 0 Å². The average molecular weight is 447 g/mol. The number of carboxylic acid groups (broad SMARTS) is 4. The smallest absolute Gasteiger partial charge is 1.00 e. The summed E-state index contributed by atoms with van der Waals surface area (Å²) >= 11 is 0. The fourth-order valence-corrected chi connectivity index (χ4v) is 0. The molecule has 0 saturated heterocycles. The van der Waals surface area contributed by atoms with Crippen LogP contribution < -0.4 is 29.9 Å². The summed E-state index contributed by atoms with van der Waals surface area (Å²) in [5.74, 6) is -3.58.